The molecule has 0 aliphatic heterocycles. The van der Waals surface area contributed by atoms with E-state index < -0.39 is 0 Å². The van der Waals surface area contributed by atoms with Gasteiger partial charge in [0.2, 0.25) is 0 Å². The Balaban J connectivity index is 3.10. The fourth-order valence-electron chi connectivity index (χ4n) is 1.33. The van der Waals surface area contributed by atoms with Gasteiger partial charge in [-0.25, -0.2) is 0 Å². The monoisotopic (exact) mass is 189 g/mol. The van der Waals surface area contributed by atoms with Crippen molar-refractivity contribution in [2.24, 2.45) is 5.41 Å². The largest absolute Gasteiger partial charge is 0.399 e. The molecule has 0 aliphatic rings. The van der Waals surface area contributed by atoms with E-state index in [2.05, 4.69) is 47.7 Å². The van der Waals surface area contributed by atoms with Gasteiger partial charge in [-0.2, -0.15) is 0 Å². The fraction of sp³-hybridized carbons (Fsp3) is 0.500. The molecule has 0 saturated carbocycles. The van der Waals surface area contributed by atoms with Gasteiger partial charge in [-0.1, -0.05) is 39.8 Å². The third kappa shape index (κ3) is 1.94. The van der Waals surface area contributed by atoms with Gasteiger partial charge < -0.3 is 5.73 Å². The lowest BCUT2D eigenvalue weighted by Gasteiger charge is -2.39. The Kier molecular flexibility index (Phi) is 2.66. The van der Waals surface area contributed by atoms with E-state index in [0.717, 1.165) is 5.69 Å². The summed E-state index contributed by atoms with van der Waals surface area (Å²) in [7, 11) is 2.28. The van der Waals surface area contributed by atoms with Crippen LogP contribution in [0.15, 0.2) is 24.3 Å². The summed E-state index contributed by atoms with van der Waals surface area (Å²) in [5.74, 6) is 0. The molecule has 1 unspecified atom stereocenters. The molecule has 0 saturated heterocycles. The number of hydrogen-bond donors (Lipinski definition) is 1. The molecule has 1 rings (SSSR count). The van der Waals surface area contributed by atoms with E-state index >= 15 is 0 Å². The molecule has 0 fully saturated rings. The highest BCUT2D eigenvalue weighted by atomic mass is 14.5. The Morgan fingerprint density at radius 3 is 1.79 bits per heavy atom. The highest BCUT2D eigenvalue weighted by Gasteiger charge is 2.33. The summed E-state index contributed by atoms with van der Waals surface area (Å²) in [6.07, 6.45) is 0. The zero-order valence-electron chi connectivity index (χ0n) is 9.89. The van der Waals surface area contributed by atoms with Crippen molar-refractivity contribution >= 4 is 13.5 Å². The number of nitrogens with two attached hydrogens (primary N) is 1. The Bertz CT molecular complexity index is 306. The highest BCUT2D eigenvalue weighted by molar-refractivity contribution is 6.16. The molecule has 0 heterocycles. The molecular formula is C12H20BN. The molecule has 0 aromatic heterocycles. The predicted octanol–water partition coefficient (Wildman–Crippen LogP) is 2.16. The zero-order valence-corrected chi connectivity index (χ0v) is 9.89. The van der Waals surface area contributed by atoms with Crippen LogP contribution in [0.2, 0.25) is 0 Å². The van der Waals surface area contributed by atoms with Crippen molar-refractivity contribution in [3.8, 4) is 0 Å². The van der Waals surface area contributed by atoms with Crippen molar-refractivity contribution in [2.45, 2.75) is 33.0 Å². The van der Waals surface area contributed by atoms with Gasteiger partial charge in [-0.15, -0.1) is 0 Å². The van der Waals surface area contributed by atoms with Crippen LogP contribution in [0.4, 0.5) is 5.69 Å². The van der Waals surface area contributed by atoms with Gasteiger partial charge in [-0.3, -0.25) is 0 Å². The molecule has 1 aromatic carbocycles. The van der Waals surface area contributed by atoms with Gasteiger partial charge in [0.05, 0.1) is 0 Å². The normalized spacial score (nSPS) is 16.3. The first-order valence-corrected chi connectivity index (χ1v) is 5.11. The smallest absolute Gasteiger partial charge is 0.115 e. The highest BCUT2D eigenvalue weighted by Crippen LogP contribution is 2.38. The minimum Gasteiger partial charge on any atom is -0.399 e. The van der Waals surface area contributed by atoms with Crippen molar-refractivity contribution < 1.29 is 0 Å². The number of anilines is 1. The third-order valence-electron chi connectivity index (χ3n) is 3.51. The summed E-state index contributed by atoms with van der Waals surface area (Å²) >= 11 is 0. The standard InChI is InChI=1S/C12H20BN/c1-11(2,3)12(4,13)9-5-7-10(14)8-6-9/h5-8H,13-14H2,1-4H3. The molecule has 0 radical (unpaired) electrons. The minimum atomic E-state index is 0.167. The van der Waals surface area contributed by atoms with Crippen LogP contribution in [0.3, 0.4) is 0 Å². The summed E-state index contributed by atoms with van der Waals surface area (Å²) in [4.78, 5) is 0. The lowest BCUT2D eigenvalue weighted by Crippen LogP contribution is -2.37. The fourth-order valence-corrected chi connectivity index (χ4v) is 1.33. The van der Waals surface area contributed by atoms with Gasteiger partial charge in [0.1, 0.15) is 7.85 Å². The van der Waals surface area contributed by atoms with Crippen molar-refractivity contribution in [3.63, 3.8) is 0 Å². The number of hydrogen-bond acceptors (Lipinski definition) is 1. The molecule has 14 heavy (non-hydrogen) atoms. The van der Waals surface area contributed by atoms with Crippen LogP contribution >= 0.6 is 0 Å². The van der Waals surface area contributed by atoms with Gasteiger partial charge in [0.25, 0.3) is 0 Å². The molecule has 2 N–H and O–H groups in total. The second kappa shape index (κ2) is 3.34. The van der Waals surface area contributed by atoms with Gasteiger partial charge in [-0.05, 0) is 28.4 Å². The molecule has 1 nitrogen and oxygen atoms in total. The third-order valence-corrected chi connectivity index (χ3v) is 3.51. The summed E-state index contributed by atoms with van der Waals surface area (Å²) < 4.78 is 0. The Morgan fingerprint density at radius 2 is 1.43 bits per heavy atom. The van der Waals surface area contributed by atoms with E-state index in [-0.39, 0.29) is 10.7 Å². The lowest BCUT2D eigenvalue weighted by atomic mass is 9.52. The SMILES string of the molecule is BC(C)(c1ccc(N)cc1)C(C)(C)C. The quantitative estimate of drug-likeness (QED) is 0.531. The van der Waals surface area contributed by atoms with E-state index in [0.29, 0.717) is 0 Å². The number of benzene rings is 1. The minimum absolute atomic E-state index is 0.167. The van der Waals surface area contributed by atoms with Crippen LogP contribution in [0.1, 0.15) is 33.3 Å². The first-order valence-electron chi connectivity index (χ1n) is 5.11. The molecule has 76 valence electrons. The topological polar surface area (TPSA) is 26.0 Å². The molecule has 1 atom stereocenters. The molecule has 0 aliphatic carbocycles. The molecule has 0 spiro atoms. The van der Waals surface area contributed by atoms with Crippen LogP contribution in [0, 0.1) is 5.41 Å². The maximum absolute atomic E-state index is 5.68. The second-order valence-electron chi connectivity index (χ2n) is 5.50. The number of rotatable bonds is 1. The molecule has 2 heteroatoms. The first kappa shape index (κ1) is 11.2. The van der Waals surface area contributed by atoms with Crippen molar-refractivity contribution in [2.75, 3.05) is 5.73 Å². The molecular weight excluding hydrogens is 169 g/mol. The van der Waals surface area contributed by atoms with Crippen molar-refractivity contribution in [1.82, 2.24) is 0 Å². The van der Waals surface area contributed by atoms with E-state index in [9.17, 15) is 0 Å². The lowest BCUT2D eigenvalue weighted by molar-refractivity contribution is 0.296. The zero-order chi connectivity index (χ0) is 11.0. The van der Waals surface area contributed by atoms with E-state index in [1.54, 1.807) is 0 Å². The summed E-state index contributed by atoms with van der Waals surface area (Å²) in [5, 5.41) is 0.167. The van der Waals surface area contributed by atoms with Crippen molar-refractivity contribution in [1.29, 1.82) is 0 Å². The maximum Gasteiger partial charge on any atom is 0.115 e. The van der Waals surface area contributed by atoms with Crippen LogP contribution in [-0.2, 0) is 5.31 Å². The maximum atomic E-state index is 5.68. The molecule has 1 aromatic rings. The average molecular weight is 189 g/mol. The Morgan fingerprint density at radius 1 is 1.00 bits per heavy atom. The van der Waals surface area contributed by atoms with Crippen molar-refractivity contribution in [3.05, 3.63) is 29.8 Å². The summed E-state index contributed by atoms with van der Waals surface area (Å²) in [6, 6.07) is 8.20. The number of nitrogen functional groups attached to an aromatic ring is 1. The summed E-state index contributed by atoms with van der Waals surface area (Å²) in [5.41, 5.74) is 8.11. The van der Waals surface area contributed by atoms with Gasteiger partial charge in [0.15, 0.2) is 0 Å². The van der Waals surface area contributed by atoms with Gasteiger partial charge >= 0.3 is 0 Å². The van der Waals surface area contributed by atoms with Crippen LogP contribution in [0.5, 0.6) is 0 Å². The van der Waals surface area contributed by atoms with E-state index in [1.807, 2.05) is 12.1 Å². The summed E-state index contributed by atoms with van der Waals surface area (Å²) in [6.45, 7) is 9.08. The average Bonchev–Trinajstić information content (AvgIpc) is 2.03. The van der Waals surface area contributed by atoms with E-state index in [1.165, 1.54) is 5.56 Å². The molecule has 0 bridgehead atoms. The Labute approximate surface area is 88.1 Å². The van der Waals surface area contributed by atoms with Gasteiger partial charge in [0, 0.05) is 5.69 Å². The van der Waals surface area contributed by atoms with E-state index in [4.69, 9.17) is 5.73 Å². The Hall–Kier alpha value is -0.915. The predicted molar refractivity (Wildman–Crippen MR) is 66.2 cm³/mol. The second-order valence-corrected chi connectivity index (χ2v) is 5.50. The van der Waals surface area contributed by atoms with Crippen LogP contribution in [-0.4, -0.2) is 7.85 Å². The van der Waals surface area contributed by atoms with Crippen LogP contribution < -0.4 is 5.73 Å². The molecule has 0 amide bonds. The van der Waals surface area contributed by atoms with Crippen LogP contribution in [0.25, 0.3) is 0 Å². The first-order chi connectivity index (χ1) is 6.25.